The van der Waals surface area contributed by atoms with Crippen molar-refractivity contribution in [1.82, 2.24) is 24.9 Å². The van der Waals surface area contributed by atoms with Crippen LogP contribution in [0.1, 0.15) is 12.8 Å². The molecule has 0 aliphatic carbocycles. The number of aromatic nitrogens is 5. The third-order valence-corrected chi connectivity index (χ3v) is 5.13. The van der Waals surface area contributed by atoms with Crippen LogP contribution in [0.15, 0.2) is 64.3 Å². The highest BCUT2D eigenvalue weighted by Gasteiger charge is 2.15. The van der Waals surface area contributed by atoms with Gasteiger partial charge in [-0.25, -0.2) is 0 Å². The third-order valence-electron chi connectivity index (χ3n) is 3.94. The Labute approximate surface area is 165 Å². The number of benzene rings is 2. The maximum atomic E-state index is 6.10. The molecule has 4 rings (SSSR count). The van der Waals surface area contributed by atoms with E-state index < -0.39 is 0 Å². The summed E-state index contributed by atoms with van der Waals surface area (Å²) >= 11 is 7.61. The van der Waals surface area contributed by atoms with E-state index in [-0.39, 0.29) is 0 Å². The van der Waals surface area contributed by atoms with Crippen LogP contribution in [-0.4, -0.2) is 24.9 Å². The largest absolute Gasteiger partial charge is 0.338 e. The molecule has 2 aromatic heterocycles. The van der Waals surface area contributed by atoms with Crippen LogP contribution in [0.2, 0.25) is 5.02 Å². The van der Waals surface area contributed by atoms with E-state index >= 15 is 0 Å². The van der Waals surface area contributed by atoms with E-state index in [1.165, 1.54) is 11.8 Å². The SMILES string of the molecule is CCn1c(SCc2nc(-c3ccccc3)no2)nnc1-c1cccc(Cl)c1. The summed E-state index contributed by atoms with van der Waals surface area (Å²) in [5.41, 5.74) is 1.87. The summed E-state index contributed by atoms with van der Waals surface area (Å²) in [6.07, 6.45) is 0. The molecule has 0 spiro atoms. The molecule has 0 atom stereocenters. The molecule has 0 aliphatic rings. The molecule has 0 radical (unpaired) electrons. The second kappa shape index (κ2) is 7.94. The van der Waals surface area contributed by atoms with Crippen LogP contribution < -0.4 is 0 Å². The standard InChI is InChI=1S/C19H16ClN5OS/c1-2-25-18(14-9-6-10-15(20)11-14)22-23-19(25)27-12-16-21-17(24-26-16)13-7-4-3-5-8-13/h3-11H,2,12H2,1H3. The van der Waals surface area contributed by atoms with E-state index in [1.807, 2.05) is 59.2 Å². The Balaban J connectivity index is 1.52. The third kappa shape index (κ3) is 3.89. The van der Waals surface area contributed by atoms with Crippen molar-refractivity contribution in [3.63, 3.8) is 0 Å². The van der Waals surface area contributed by atoms with Gasteiger partial charge in [-0.1, -0.05) is 71.0 Å². The van der Waals surface area contributed by atoms with Crippen LogP contribution in [0.4, 0.5) is 0 Å². The van der Waals surface area contributed by atoms with Crippen LogP contribution in [0.3, 0.4) is 0 Å². The molecule has 8 heteroatoms. The Kier molecular flexibility index (Phi) is 5.22. The zero-order valence-electron chi connectivity index (χ0n) is 14.5. The molecule has 2 aromatic carbocycles. The van der Waals surface area contributed by atoms with Gasteiger partial charge >= 0.3 is 0 Å². The maximum absolute atomic E-state index is 6.10. The van der Waals surface area contributed by atoms with Gasteiger partial charge in [-0.3, -0.25) is 0 Å². The van der Waals surface area contributed by atoms with Crippen LogP contribution in [0.25, 0.3) is 22.8 Å². The summed E-state index contributed by atoms with van der Waals surface area (Å²) in [6, 6.07) is 17.4. The lowest BCUT2D eigenvalue weighted by Crippen LogP contribution is -2.00. The minimum atomic E-state index is 0.521. The zero-order valence-corrected chi connectivity index (χ0v) is 16.1. The van der Waals surface area contributed by atoms with Gasteiger partial charge in [0.1, 0.15) is 0 Å². The normalized spacial score (nSPS) is 11.0. The van der Waals surface area contributed by atoms with Crippen LogP contribution in [0, 0.1) is 0 Å². The molecule has 0 unspecified atom stereocenters. The van der Waals surface area contributed by atoms with Gasteiger partial charge in [-0.2, -0.15) is 4.98 Å². The summed E-state index contributed by atoms with van der Waals surface area (Å²) in [7, 11) is 0. The van der Waals surface area contributed by atoms with Gasteiger partial charge in [0, 0.05) is 22.7 Å². The molecule has 0 fully saturated rings. The van der Waals surface area contributed by atoms with E-state index in [0.717, 1.165) is 28.7 Å². The van der Waals surface area contributed by atoms with Crippen molar-refractivity contribution in [2.45, 2.75) is 24.4 Å². The fourth-order valence-corrected chi connectivity index (χ4v) is 3.70. The fraction of sp³-hybridized carbons (Fsp3) is 0.158. The van der Waals surface area contributed by atoms with E-state index in [4.69, 9.17) is 16.1 Å². The van der Waals surface area contributed by atoms with Crippen molar-refractivity contribution >= 4 is 23.4 Å². The Morgan fingerprint density at radius 3 is 2.63 bits per heavy atom. The number of thioether (sulfide) groups is 1. The van der Waals surface area contributed by atoms with Gasteiger partial charge < -0.3 is 9.09 Å². The fourth-order valence-electron chi connectivity index (χ4n) is 2.67. The highest BCUT2D eigenvalue weighted by atomic mass is 35.5. The van der Waals surface area contributed by atoms with Crippen molar-refractivity contribution in [1.29, 1.82) is 0 Å². The minimum absolute atomic E-state index is 0.521. The molecule has 0 saturated heterocycles. The summed E-state index contributed by atoms with van der Waals surface area (Å²) in [4.78, 5) is 4.45. The second-order valence-corrected chi connectivity index (χ2v) is 7.11. The van der Waals surface area contributed by atoms with Gasteiger partial charge in [0.25, 0.3) is 0 Å². The number of rotatable bonds is 6. The van der Waals surface area contributed by atoms with E-state index in [9.17, 15) is 0 Å². The number of hydrogen-bond acceptors (Lipinski definition) is 6. The van der Waals surface area contributed by atoms with Gasteiger partial charge in [-0.15, -0.1) is 10.2 Å². The lowest BCUT2D eigenvalue weighted by molar-refractivity contribution is 0.391. The Hall–Kier alpha value is -2.64. The van der Waals surface area contributed by atoms with Gasteiger partial charge in [0.15, 0.2) is 11.0 Å². The molecule has 0 N–H and O–H groups in total. The summed E-state index contributed by atoms with van der Waals surface area (Å²) in [5.74, 6) is 2.45. The molecule has 0 saturated carbocycles. The van der Waals surface area contributed by atoms with Crippen molar-refractivity contribution < 1.29 is 4.52 Å². The summed E-state index contributed by atoms with van der Waals surface area (Å²) < 4.78 is 7.41. The Morgan fingerprint density at radius 2 is 1.85 bits per heavy atom. The van der Waals surface area contributed by atoms with Gasteiger partial charge in [0.2, 0.25) is 11.7 Å². The first-order chi connectivity index (χ1) is 13.2. The average molecular weight is 398 g/mol. The molecule has 4 aromatic rings. The monoisotopic (exact) mass is 397 g/mol. The van der Waals surface area contributed by atoms with E-state index in [2.05, 4.69) is 27.3 Å². The predicted molar refractivity (Wildman–Crippen MR) is 105 cm³/mol. The molecule has 27 heavy (non-hydrogen) atoms. The lowest BCUT2D eigenvalue weighted by atomic mass is 10.2. The quantitative estimate of drug-likeness (QED) is 0.428. The molecule has 0 amide bonds. The summed E-state index contributed by atoms with van der Waals surface area (Å²) in [6.45, 7) is 2.80. The molecular weight excluding hydrogens is 382 g/mol. The van der Waals surface area contributed by atoms with Crippen molar-refractivity contribution in [2.75, 3.05) is 0 Å². The van der Waals surface area contributed by atoms with E-state index in [1.54, 1.807) is 0 Å². The average Bonchev–Trinajstić information content (AvgIpc) is 3.34. The first-order valence-electron chi connectivity index (χ1n) is 8.44. The van der Waals surface area contributed by atoms with Crippen molar-refractivity contribution in [2.24, 2.45) is 0 Å². The lowest BCUT2D eigenvalue weighted by Gasteiger charge is -2.06. The Morgan fingerprint density at radius 1 is 1.04 bits per heavy atom. The maximum Gasteiger partial charge on any atom is 0.237 e. The molecular formula is C19H16ClN5OS. The number of nitrogens with zero attached hydrogens (tertiary/aromatic N) is 5. The van der Waals surface area contributed by atoms with Gasteiger partial charge in [0.05, 0.1) is 5.75 Å². The van der Waals surface area contributed by atoms with Crippen molar-refractivity contribution in [3.05, 3.63) is 65.5 Å². The second-order valence-electron chi connectivity index (χ2n) is 5.73. The van der Waals surface area contributed by atoms with Gasteiger partial charge in [-0.05, 0) is 19.1 Å². The first-order valence-corrected chi connectivity index (χ1v) is 9.81. The van der Waals surface area contributed by atoms with Crippen LogP contribution in [0.5, 0.6) is 0 Å². The molecule has 0 bridgehead atoms. The Bertz CT molecular complexity index is 1050. The topological polar surface area (TPSA) is 69.6 Å². The number of halogens is 1. The summed E-state index contributed by atoms with van der Waals surface area (Å²) in [5, 5.41) is 14.2. The predicted octanol–water partition coefficient (Wildman–Crippen LogP) is 4.96. The smallest absolute Gasteiger partial charge is 0.237 e. The van der Waals surface area contributed by atoms with Crippen LogP contribution >= 0.6 is 23.4 Å². The first kappa shape index (κ1) is 17.8. The van der Waals surface area contributed by atoms with Crippen molar-refractivity contribution in [3.8, 4) is 22.8 Å². The molecule has 136 valence electrons. The molecule has 6 nitrogen and oxygen atoms in total. The number of hydrogen-bond donors (Lipinski definition) is 0. The minimum Gasteiger partial charge on any atom is -0.338 e. The van der Waals surface area contributed by atoms with E-state index in [0.29, 0.717) is 22.5 Å². The van der Waals surface area contributed by atoms with Crippen LogP contribution in [-0.2, 0) is 12.3 Å². The zero-order chi connectivity index (χ0) is 18.6. The highest BCUT2D eigenvalue weighted by Crippen LogP contribution is 2.27. The molecule has 2 heterocycles. The highest BCUT2D eigenvalue weighted by molar-refractivity contribution is 7.98. The molecule has 0 aliphatic heterocycles.